The van der Waals surface area contributed by atoms with E-state index >= 15 is 0 Å². The van der Waals surface area contributed by atoms with E-state index in [4.69, 9.17) is 10.8 Å². The Balaban J connectivity index is 3.10. The first-order valence-corrected chi connectivity index (χ1v) is 11.4. The molecule has 13 nitrogen and oxygen atoms in total. The average molecular weight is 497 g/mol. The number of imidazole rings is 1. The molecule has 1 rings (SSSR count). The number of nitrogens with zero attached hydrogens (tertiary/aromatic N) is 1. The second-order valence-corrected chi connectivity index (χ2v) is 9.13. The smallest absolute Gasteiger partial charge is 0.326 e. The molecule has 0 fully saturated rings. The summed E-state index contributed by atoms with van der Waals surface area (Å²) in [5, 5.41) is 25.9. The molecule has 0 aliphatic carbocycles. The lowest BCUT2D eigenvalue weighted by Gasteiger charge is -2.25. The van der Waals surface area contributed by atoms with Crippen LogP contribution >= 0.6 is 0 Å². The highest BCUT2D eigenvalue weighted by Gasteiger charge is 2.31. The molecule has 0 aromatic carbocycles. The summed E-state index contributed by atoms with van der Waals surface area (Å²) in [6.07, 6.45) is 2.31. The highest BCUT2D eigenvalue weighted by Crippen LogP contribution is 2.08. The summed E-state index contributed by atoms with van der Waals surface area (Å²) in [6.45, 7) is 7.06. The van der Waals surface area contributed by atoms with Crippen LogP contribution in [0.15, 0.2) is 12.5 Å². The number of carboxylic acids is 2. The summed E-state index contributed by atoms with van der Waals surface area (Å²) in [4.78, 5) is 67.8. The van der Waals surface area contributed by atoms with Crippen LogP contribution in [-0.4, -0.2) is 74.0 Å². The third kappa shape index (κ3) is 10.5. The van der Waals surface area contributed by atoms with Gasteiger partial charge in [-0.1, -0.05) is 27.7 Å². The summed E-state index contributed by atoms with van der Waals surface area (Å²) in [5.74, 6) is -4.82. The topological polar surface area (TPSA) is 217 Å². The van der Waals surface area contributed by atoms with E-state index in [1.807, 2.05) is 13.8 Å². The van der Waals surface area contributed by atoms with E-state index in [-0.39, 0.29) is 31.1 Å². The zero-order valence-electron chi connectivity index (χ0n) is 20.4. The van der Waals surface area contributed by atoms with E-state index in [1.54, 1.807) is 13.8 Å². The summed E-state index contributed by atoms with van der Waals surface area (Å²) in [7, 11) is 0. The second-order valence-electron chi connectivity index (χ2n) is 9.13. The van der Waals surface area contributed by atoms with E-state index in [2.05, 4.69) is 25.9 Å². The standard InChI is InChI=1S/C22H36N6O7/c1-11(2)7-16(22(34)35)28-20(32)15(8-13-9-24-10-25-13)27-19(31)14(5-6-17(29)30)26-21(33)18(23)12(3)4/h9-12,14-16,18H,5-8,23H2,1-4H3,(H,24,25)(H,26,33)(H,27,31)(H,28,32)(H,29,30)(H,34,35). The summed E-state index contributed by atoms with van der Waals surface area (Å²) < 4.78 is 0. The Morgan fingerprint density at radius 2 is 1.51 bits per heavy atom. The van der Waals surface area contributed by atoms with Crippen molar-refractivity contribution in [3.63, 3.8) is 0 Å². The molecule has 1 aromatic heterocycles. The lowest BCUT2D eigenvalue weighted by molar-refractivity contribution is -0.142. The minimum atomic E-state index is -1.27. The van der Waals surface area contributed by atoms with Crippen LogP contribution in [0.1, 0.15) is 52.7 Å². The van der Waals surface area contributed by atoms with Gasteiger partial charge in [-0.05, 0) is 24.7 Å². The predicted octanol–water partition coefficient (Wildman–Crippen LogP) is -0.615. The van der Waals surface area contributed by atoms with Gasteiger partial charge in [-0.15, -0.1) is 0 Å². The predicted molar refractivity (Wildman–Crippen MR) is 125 cm³/mol. The molecule has 13 heteroatoms. The van der Waals surface area contributed by atoms with E-state index in [1.165, 1.54) is 12.5 Å². The molecule has 196 valence electrons. The molecule has 0 aliphatic rings. The van der Waals surface area contributed by atoms with Crippen molar-refractivity contribution in [3.05, 3.63) is 18.2 Å². The summed E-state index contributed by atoms with van der Waals surface area (Å²) in [6, 6.07) is -4.59. The molecule has 1 heterocycles. The molecule has 4 atom stereocenters. The quantitative estimate of drug-likeness (QED) is 0.164. The van der Waals surface area contributed by atoms with Crippen LogP contribution in [0.2, 0.25) is 0 Å². The van der Waals surface area contributed by atoms with Crippen molar-refractivity contribution in [1.29, 1.82) is 0 Å². The molecule has 0 bridgehead atoms. The number of rotatable bonds is 15. The molecular formula is C22H36N6O7. The van der Waals surface area contributed by atoms with E-state index in [9.17, 15) is 29.1 Å². The van der Waals surface area contributed by atoms with Crippen LogP contribution in [0, 0.1) is 11.8 Å². The molecule has 0 spiro atoms. The molecule has 0 aliphatic heterocycles. The number of carbonyl (C=O) groups is 5. The first-order chi connectivity index (χ1) is 16.3. The monoisotopic (exact) mass is 496 g/mol. The molecule has 4 unspecified atom stereocenters. The van der Waals surface area contributed by atoms with Crippen molar-refractivity contribution < 1.29 is 34.2 Å². The Morgan fingerprint density at radius 3 is 2.00 bits per heavy atom. The second kappa shape index (κ2) is 14.0. The number of nitrogens with two attached hydrogens (primary N) is 1. The minimum Gasteiger partial charge on any atom is -0.481 e. The molecule has 8 N–H and O–H groups in total. The Bertz CT molecular complexity index is 872. The lowest BCUT2D eigenvalue weighted by atomic mass is 10.0. The third-order valence-electron chi connectivity index (χ3n) is 5.23. The first-order valence-electron chi connectivity index (χ1n) is 11.4. The highest BCUT2D eigenvalue weighted by atomic mass is 16.4. The molecule has 0 saturated heterocycles. The Labute approximate surface area is 203 Å². The van der Waals surface area contributed by atoms with Gasteiger partial charge in [-0.25, -0.2) is 9.78 Å². The maximum atomic E-state index is 13.0. The van der Waals surface area contributed by atoms with Crippen LogP contribution in [0.4, 0.5) is 0 Å². The van der Waals surface area contributed by atoms with Gasteiger partial charge in [0.2, 0.25) is 17.7 Å². The maximum absolute atomic E-state index is 13.0. The van der Waals surface area contributed by atoms with Crippen LogP contribution in [0.3, 0.4) is 0 Å². The number of hydrogen-bond donors (Lipinski definition) is 7. The summed E-state index contributed by atoms with van der Waals surface area (Å²) >= 11 is 0. The van der Waals surface area contributed by atoms with Crippen LogP contribution in [-0.2, 0) is 30.4 Å². The number of carboxylic acid groups (broad SMARTS) is 2. The fourth-order valence-corrected chi connectivity index (χ4v) is 3.17. The minimum absolute atomic E-state index is 0.0159. The van der Waals surface area contributed by atoms with Crippen molar-refractivity contribution in [2.24, 2.45) is 17.6 Å². The number of nitrogens with one attached hydrogen (secondary N) is 4. The molecular weight excluding hydrogens is 460 g/mol. The number of H-pyrrole nitrogens is 1. The van der Waals surface area contributed by atoms with Crippen molar-refractivity contribution in [2.45, 2.75) is 77.5 Å². The van der Waals surface area contributed by atoms with Crippen molar-refractivity contribution in [1.82, 2.24) is 25.9 Å². The largest absolute Gasteiger partial charge is 0.481 e. The fourth-order valence-electron chi connectivity index (χ4n) is 3.17. The normalized spacial score (nSPS) is 14.6. The average Bonchev–Trinajstić information content (AvgIpc) is 3.27. The Hall–Kier alpha value is -3.48. The number of amides is 3. The van der Waals surface area contributed by atoms with Gasteiger partial charge in [0.15, 0.2) is 0 Å². The zero-order valence-corrected chi connectivity index (χ0v) is 20.4. The van der Waals surface area contributed by atoms with Crippen molar-refractivity contribution in [3.8, 4) is 0 Å². The Morgan fingerprint density at radius 1 is 0.943 bits per heavy atom. The van der Waals surface area contributed by atoms with Gasteiger partial charge < -0.3 is 36.9 Å². The van der Waals surface area contributed by atoms with Gasteiger partial charge in [-0.3, -0.25) is 19.2 Å². The van der Waals surface area contributed by atoms with Gasteiger partial charge in [-0.2, -0.15) is 0 Å². The van der Waals surface area contributed by atoms with Crippen molar-refractivity contribution in [2.75, 3.05) is 0 Å². The number of aromatic amines is 1. The SMILES string of the molecule is CC(C)CC(NC(=O)C(Cc1cnc[nH]1)NC(=O)C(CCC(=O)O)NC(=O)C(N)C(C)C)C(=O)O. The van der Waals surface area contributed by atoms with E-state index < -0.39 is 60.2 Å². The molecule has 0 radical (unpaired) electrons. The highest BCUT2D eigenvalue weighted by molar-refractivity contribution is 5.94. The van der Waals surface area contributed by atoms with Gasteiger partial charge in [0.25, 0.3) is 0 Å². The summed E-state index contributed by atoms with van der Waals surface area (Å²) in [5.41, 5.74) is 6.33. The van der Waals surface area contributed by atoms with Gasteiger partial charge in [0.1, 0.15) is 18.1 Å². The lowest BCUT2D eigenvalue weighted by Crippen LogP contribution is -2.58. The fraction of sp³-hybridized carbons (Fsp3) is 0.636. The number of aliphatic carboxylic acids is 2. The third-order valence-corrected chi connectivity index (χ3v) is 5.23. The number of aromatic nitrogens is 2. The van der Waals surface area contributed by atoms with Crippen LogP contribution in [0.5, 0.6) is 0 Å². The van der Waals surface area contributed by atoms with Crippen LogP contribution < -0.4 is 21.7 Å². The first kappa shape index (κ1) is 29.6. The molecule has 0 saturated carbocycles. The zero-order chi connectivity index (χ0) is 26.7. The number of hydrogen-bond acceptors (Lipinski definition) is 7. The van der Waals surface area contributed by atoms with E-state index in [0.29, 0.717) is 5.69 Å². The number of carbonyl (C=O) groups excluding carboxylic acids is 3. The van der Waals surface area contributed by atoms with Crippen molar-refractivity contribution >= 4 is 29.7 Å². The van der Waals surface area contributed by atoms with Gasteiger partial charge in [0.05, 0.1) is 12.4 Å². The Kier molecular flexibility index (Phi) is 11.9. The van der Waals surface area contributed by atoms with Crippen LogP contribution in [0.25, 0.3) is 0 Å². The molecule has 3 amide bonds. The molecule has 35 heavy (non-hydrogen) atoms. The maximum Gasteiger partial charge on any atom is 0.326 e. The van der Waals surface area contributed by atoms with Gasteiger partial charge in [0, 0.05) is 24.7 Å². The van der Waals surface area contributed by atoms with Gasteiger partial charge >= 0.3 is 11.9 Å². The van der Waals surface area contributed by atoms with E-state index in [0.717, 1.165) is 0 Å². The molecule has 1 aromatic rings.